The molecule has 0 atom stereocenters. The van der Waals surface area contributed by atoms with Crippen molar-refractivity contribution in [2.24, 2.45) is 0 Å². The number of rotatable bonds is 4. The maximum atomic E-state index is 12.0. The Hall–Kier alpha value is -2.00. The molecule has 24 heavy (non-hydrogen) atoms. The standard InChI is InChI=1S/C15H21N5O3S/c1-12-17-9-13(24(2,22)23)14(18-12)20-6-3-15(21,4-7-20)10-19-8-5-16-11-19/h5,8-9,11,21H,3-4,6-7,10H2,1-2H3. The summed E-state index contributed by atoms with van der Waals surface area (Å²) in [6, 6.07) is 0. The maximum Gasteiger partial charge on any atom is 0.180 e. The number of aryl methyl sites for hydroxylation is 1. The summed E-state index contributed by atoms with van der Waals surface area (Å²) in [5.41, 5.74) is -0.829. The molecule has 0 unspecified atom stereocenters. The lowest BCUT2D eigenvalue weighted by molar-refractivity contribution is -0.000255. The minimum atomic E-state index is -3.41. The molecule has 0 spiro atoms. The van der Waals surface area contributed by atoms with Crippen LogP contribution in [0.15, 0.2) is 29.8 Å². The smallest absolute Gasteiger partial charge is 0.180 e. The van der Waals surface area contributed by atoms with Crippen LogP contribution in [0.1, 0.15) is 18.7 Å². The molecular weight excluding hydrogens is 330 g/mol. The van der Waals surface area contributed by atoms with Crippen molar-refractivity contribution in [3.05, 3.63) is 30.7 Å². The molecule has 0 bridgehead atoms. The van der Waals surface area contributed by atoms with Crippen LogP contribution < -0.4 is 4.90 Å². The molecule has 130 valence electrons. The molecule has 2 aromatic heterocycles. The fraction of sp³-hybridized carbons (Fsp3) is 0.533. The van der Waals surface area contributed by atoms with E-state index < -0.39 is 15.4 Å². The van der Waals surface area contributed by atoms with Crippen molar-refractivity contribution in [3.63, 3.8) is 0 Å². The van der Waals surface area contributed by atoms with Crippen molar-refractivity contribution in [3.8, 4) is 0 Å². The van der Waals surface area contributed by atoms with Gasteiger partial charge in [-0.1, -0.05) is 0 Å². The summed E-state index contributed by atoms with van der Waals surface area (Å²) in [7, 11) is -3.41. The third kappa shape index (κ3) is 3.57. The van der Waals surface area contributed by atoms with Crippen molar-refractivity contribution in [1.82, 2.24) is 19.5 Å². The maximum absolute atomic E-state index is 12.0. The highest BCUT2D eigenvalue weighted by atomic mass is 32.2. The van der Waals surface area contributed by atoms with Crippen molar-refractivity contribution in [2.45, 2.75) is 36.8 Å². The van der Waals surface area contributed by atoms with E-state index in [9.17, 15) is 13.5 Å². The third-order valence-corrected chi connectivity index (χ3v) is 5.37. The van der Waals surface area contributed by atoms with E-state index in [4.69, 9.17) is 0 Å². The topological polar surface area (TPSA) is 101 Å². The Balaban J connectivity index is 1.79. The van der Waals surface area contributed by atoms with E-state index in [0.717, 1.165) is 6.26 Å². The molecule has 1 fully saturated rings. The van der Waals surface area contributed by atoms with Gasteiger partial charge < -0.3 is 14.6 Å². The Kier molecular flexibility index (Phi) is 4.31. The molecule has 0 amide bonds. The first-order valence-electron chi connectivity index (χ1n) is 7.74. The monoisotopic (exact) mass is 351 g/mol. The fourth-order valence-corrected chi connectivity index (χ4v) is 3.70. The van der Waals surface area contributed by atoms with Crippen LogP contribution in [-0.2, 0) is 16.4 Å². The van der Waals surface area contributed by atoms with E-state index in [1.54, 1.807) is 19.4 Å². The summed E-state index contributed by atoms with van der Waals surface area (Å²) in [6.45, 7) is 3.27. The lowest BCUT2D eigenvalue weighted by Crippen LogP contribution is -2.47. The normalized spacial score (nSPS) is 17.9. The van der Waals surface area contributed by atoms with Crippen LogP contribution in [0, 0.1) is 6.92 Å². The predicted molar refractivity (Wildman–Crippen MR) is 88.5 cm³/mol. The molecule has 9 heteroatoms. The van der Waals surface area contributed by atoms with E-state index in [1.807, 2.05) is 15.7 Å². The van der Waals surface area contributed by atoms with Gasteiger partial charge in [0, 0.05) is 31.7 Å². The molecule has 1 saturated heterocycles. The summed E-state index contributed by atoms with van der Waals surface area (Å²) in [5.74, 6) is 0.950. The van der Waals surface area contributed by atoms with Crippen molar-refractivity contribution in [1.29, 1.82) is 0 Å². The Morgan fingerprint density at radius 3 is 2.62 bits per heavy atom. The van der Waals surface area contributed by atoms with Crippen LogP contribution >= 0.6 is 0 Å². The molecule has 1 aliphatic rings. The molecule has 2 aromatic rings. The molecule has 0 saturated carbocycles. The van der Waals surface area contributed by atoms with Gasteiger partial charge in [0.1, 0.15) is 10.7 Å². The van der Waals surface area contributed by atoms with Gasteiger partial charge in [-0.15, -0.1) is 0 Å². The SMILES string of the molecule is Cc1ncc(S(C)(=O)=O)c(N2CCC(O)(Cn3ccnc3)CC2)n1. The summed E-state index contributed by atoms with van der Waals surface area (Å²) in [5, 5.41) is 10.8. The van der Waals surface area contributed by atoms with E-state index in [0.29, 0.717) is 44.1 Å². The van der Waals surface area contributed by atoms with Crippen molar-refractivity contribution < 1.29 is 13.5 Å². The van der Waals surface area contributed by atoms with Crippen molar-refractivity contribution in [2.75, 3.05) is 24.2 Å². The predicted octanol–water partition coefficient (Wildman–Crippen LogP) is 0.417. The van der Waals surface area contributed by atoms with Gasteiger partial charge >= 0.3 is 0 Å². The first-order valence-corrected chi connectivity index (χ1v) is 9.63. The molecule has 0 radical (unpaired) electrons. The molecule has 8 nitrogen and oxygen atoms in total. The number of sulfone groups is 1. The average Bonchev–Trinajstić information content (AvgIpc) is 2.99. The molecule has 3 heterocycles. The second-order valence-electron chi connectivity index (χ2n) is 6.32. The molecular formula is C15H21N5O3S. The first-order chi connectivity index (χ1) is 11.3. The Morgan fingerprint density at radius 2 is 2.04 bits per heavy atom. The second kappa shape index (κ2) is 6.14. The van der Waals surface area contributed by atoms with Gasteiger partial charge in [0.15, 0.2) is 15.7 Å². The Labute approximate surface area is 141 Å². The highest BCUT2D eigenvalue weighted by Crippen LogP contribution is 2.30. The number of imidazole rings is 1. The van der Waals surface area contributed by atoms with Gasteiger partial charge in [0.05, 0.1) is 24.7 Å². The second-order valence-corrected chi connectivity index (χ2v) is 8.31. The number of nitrogens with zero attached hydrogens (tertiary/aromatic N) is 5. The minimum absolute atomic E-state index is 0.133. The minimum Gasteiger partial charge on any atom is -0.388 e. The fourth-order valence-electron chi connectivity index (χ4n) is 2.95. The van der Waals surface area contributed by atoms with E-state index >= 15 is 0 Å². The largest absolute Gasteiger partial charge is 0.388 e. The van der Waals surface area contributed by atoms with Crippen molar-refractivity contribution >= 4 is 15.7 Å². The van der Waals surface area contributed by atoms with Gasteiger partial charge in [0.25, 0.3) is 0 Å². The van der Waals surface area contributed by atoms with Crippen LogP contribution in [0.2, 0.25) is 0 Å². The molecule has 0 aliphatic carbocycles. The number of aliphatic hydroxyl groups is 1. The van der Waals surface area contributed by atoms with E-state index in [1.165, 1.54) is 6.20 Å². The van der Waals surface area contributed by atoms with Crippen LogP contribution in [0.4, 0.5) is 5.82 Å². The highest BCUT2D eigenvalue weighted by Gasteiger charge is 2.34. The van der Waals surface area contributed by atoms with Gasteiger partial charge in [0.2, 0.25) is 0 Å². The summed E-state index contributed by atoms with van der Waals surface area (Å²) < 4.78 is 25.8. The number of hydrogen-bond donors (Lipinski definition) is 1. The lowest BCUT2D eigenvalue weighted by atomic mass is 9.91. The number of piperidine rings is 1. The summed E-state index contributed by atoms with van der Waals surface area (Å²) >= 11 is 0. The summed E-state index contributed by atoms with van der Waals surface area (Å²) in [4.78, 5) is 14.4. The first kappa shape index (κ1) is 16.8. The van der Waals surface area contributed by atoms with Crippen LogP contribution in [0.25, 0.3) is 0 Å². The third-order valence-electron chi connectivity index (χ3n) is 4.29. The van der Waals surface area contributed by atoms with Crippen LogP contribution in [0.5, 0.6) is 0 Å². The van der Waals surface area contributed by atoms with Crippen LogP contribution in [0.3, 0.4) is 0 Å². The van der Waals surface area contributed by atoms with Crippen LogP contribution in [-0.4, -0.2) is 58.0 Å². The number of aromatic nitrogens is 4. The zero-order chi connectivity index (χ0) is 17.4. The summed E-state index contributed by atoms with van der Waals surface area (Å²) in [6.07, 6.45) is 8.75. The quantitative estimate of drug-likeness (QED) is 0.851. The zero-order valence-corrected chi connectivity index (χ0v) is 14.6. The molecule has 0 aromatic carbocycles. The molecule has 3 rings (SSSR count). The Morgan fingerprint density at radius 1 is 1.33 bits per heavy atom. The highest BCUT2D eigenvalue weighted by molar-refractivity contribution is 7.90. The van der Waals surface area contributed by atoms with E-state index in [-0.39, 0.29) is 4.90 Å². The number of hydrogen-bond acceptors (Lipinski definition) is 7. The van der Waals surface area contributed by atoms with Gasteiger partial charge in [-0.25, -0.2) is 23.4 Å². The Bertz CT molecular complexity index is 812. The molecule has 1 N–H and O–H groups in total. The van der Waals surface area contributed by atoms with Gasteiger partial charge in [-0.05, 0) is 19.8 Å². The van der Waals surface area contributed by atoms with Gasteiger partial charge in [-0.3, -0.25) is 0 Å². The number of anilines is 1. The van der Waals surface area contributed by atoms with E-state index in [2.05, 4.69) is 15.0 Å². The lowest BCUT2D eigenvalue weighted by Gasteiger charge is -2.39. The zero-order valence-electron chi connectivity index (χ0n) is 13.8. The average molecular weight is 351 g/mol. The molecule has 1 aliphatic heterocycles. The van der Waals surface area contributed by atoms with Gasteiger partial charge in [-0.2, -0.15) is 0 Å².